The predicted octanol–water partition coefficient (Wildman–Crippen LogP) is 2.60. The Kier molecular flexibility index (Phi) is 3.78. The molecule has 4 rings (SSSR count). The molecule has 1 aromatic heterocycles. The summed E-state index contributed by atoms with van der Waals surface area (Å²) in [6, 6.07) is 16.7. The maximum absolute atomic E-state index is 12.4. The van der Waals surface area contributed by atoms with Gasteiger partial charge in [0, 0.05) is 5.39 Å². The molecule has 0 radical (unpaired) electrons. The Labute approximate surface area is 144 Å². The van der Waals surface area contributed by atoms with Gasteiger partial charge in [-0.25, -0.2) is 0 Å². The SMILES string of the molecule is O=C(CN1C(=O)COc2ccccc21)Nc1cnc2ccccc2c1. The highest BCUT2D eigenvalue weighted by molar-refractivity contribution is 6.05. The van der Waals surface area contributed by atoms with Crippen LogP contribution in [-0.2, 0) is 9.59 Å². The van der Waals surface area contributed by atoms with E-state index in [9.17, 15) is 9.59 Å². The number of aromatic nitrogens is 1. The maximum atomic E-state index is 12.4. The smallest absolute Gasteiger partial charge is 0.265 e. The number of amides is 2. The number of nitrogens with one attached hydrogen (secondary N) is 1. The number of hydrogen-bond acceptors (Lipinski definition) is 4. The van der Waals surface area contributed by atoms with Crippen LogP contribution >= 0.6 is 0 Å². The van der Waals surface area contributed by atoms with Gasteiger partial charge in [-0.15, -0.1) is 0 Å². The van der Waals surface area contributed by atoms with E-state index < -0.39 is 0 Å². The summed E-state index contributed by atoms with van der Waals surface area (Å²) in [4.78, 5) is 30.3. The van der Waals surface area contributed by atoms with Gasteiger partial charge in [0.25, 0.3) is 5.91 Å². The number of rotatable bonds is 3. The van der Waals surface area contributed by atoms with E-state index in [0.29, 0.717) is 17.1 Å². The Morgan fingerprint density at radius 3 is 2.88 bits per heavy atom. The van der Waals surface area contributed by atoms with Crippen molar-refractivity contribution in [2.24, 2.45) is 0 Å². The van der Waals surface area contributed by atoms with Crippen LogP contribution in [0.1, 0.15) is 0 Å². The van der Waals surface area contributed by atoms with Gasteiger partial charge in [0.1, 0.15) is 12.3 Å². The van der Waals surface area contributed by atoms with E-state index in [1.165, 1.54) is 4.90 Å². The summed E-state index contributed by atoms with van der Waals surface area (Å²) < 4.78 is 5.38. The van der Waals surface area contributed by atoms with Crippen LogP contribution in [0.25, 0.3) is 10.9 Å². The molecule has 2 heterocycles. The number of pyridine rings is 1. The summed E-state index contributed by atoms with van der Waals surface area (Å²) in [6.45, 7) is -0.145. The Morgan fingerprint density at radius 1 is 1.16 bits per heavy atom. The third kappa shape index (κ3) is 3.01. The van der Waals surface area contributed by atoms with E-state index in [0.717, 1.165) is 10.9 Å². The van der Waals surface area contributed by atoms with E-state index in [2.05, 4.69) is 10.3 Å². The number of carbonyl (C=O) groups excluding carboxylic acids is 2. The topological polar surface area (TPSA) is 71.5 Å². The second-order valence-electron chi connectivity index (χ2n) is 5.70. The second-order valence-corrected chi connectivity index (χ2v) is 5.70. The normalized spacial score (nSPS) is 13.3. The van der Waals surface area contributed by atoms with Crippen LogP contribution in [0.5, 0.6) is 5.75 Å². The highest BCUT2D eigenvalue weighted by Crippen LogP contribution is 2.31. The van der Waals surface area contributed by atoms with Crippen LogP contribution in [0, 0.1) is 0 Å². The lowest BCUT2D eigenvalue weighted by atomic mass is 10.2. The van der Waals surface area contributed by atoms with Gasteiger partial charge in [-0.1, -0.05) is 30.3 Å². The van der Waals surface area contributed by atoms with Crippen LogP contribution in [0.2, 0.25) is 0 Å². The third-order valence-corrected chi connectivity index (χ3v) is 3.98. The fraction of sp³-hybridized carbons (Fsp3) is 0.105. The summed E-state index contributed by atoms with van der Waals surface area (Å²) in [5.41, 5.74) is 2.06. The Bertz CT molecular complexity index is 971. The van der Waals surface area contributed by atoms with Crippen molar-refractivity contribution in [3.63, 3.8) is 0 Å². The standard InChI is InChI=1S/C19H15N3O3/c23-18(21-14-9-13-5-1-2-6-15(13)20-10-14)11-22-16-7-3-4-8-17(16)25-12-19(22)24/h1-10H,11-12H2,(H,21,23). The lowest BCUT2D eigenvalue weighted by Gasteiger charge is -2.28. The molecule has 0 unspecified atom stereocenters. The molecular weight excluding hydrogens is 318 g/mol. The van der Waals surface area contributed by atoms with Gasteiger partial charge in [0.2, 0.25) is 5.91 Å². The lowest BCUT2D eigenvalue weighted by molar-refractivity contribution is -0.123. The van der Waals surface area contributed by atoms with Crippen LogP contribution in [0.3, 0.4) is 0 Å². The molecule has 0 atom stereocenters. The number of anilines is 2. The molecule has 1 aliphatic rings. The van der Waals surface area contributed by atoms with E-state index >= 15 is 0 Å². The molecule has 1 aliphatic heterocycles. The molecule has 0 saturated heterocycles. The fourth-order valence-electron chi connectivity index (χ4n) is 2.81. The zero-order valence-corrected chi connectivity index (χ0v) is 13.3. The monoisotopic (exact) mass is 333 g/mol. The van der Waals surface area contributed by atoms with Crippen molar-refractivity contribution in [2.75, 3.05) is 23.4 Å². The molecule has 25 heavy (non-hydrogen) atoms. The molecule has 1 N–H and O–H groups in total. The number of ether oxygens (including phenoxy) is 1. The molecule has 0 aliphatic carbocycles. The van der Waals surface area contributed by atoms with Gasteiger partial charge in [0.05, 0.1) is 23.1 Å². The average Bonchev–Trinajstić information content (AvgIpc) is 2.64. The lowest BCUT2D eigenvalue weighted by Crippen LogP contribution is -2.43. The summed E-state index contributed by atoms with van der Waals surface area (Å²) in [5, 5.41) is 3.73. The van der Waals surface area contributed by atoms with Crippen molar-refractivity contribution in [3.05, 3.63) is 60.8 Å². The summed E-state index contributed by atoms with van der Waals surface area (Å²) in [7, 11) is 0. The van der Waals surface area contributed by atoms with Gasteiger partial charge in [-0.2, -0.15) is 0 Å². The van der Waals surface area contributed by atoms with Crippen molar-refractivity contribution in [2.45, 2.75) is 0 Å². The number of fused-ring (bicyclic) bond motifs is 2. The first kappa shape index (κ1) is 15.1. The molecule has 6 heteroatoms. The largest absolute Gasteiger partial charge is 0.482 e. The van der Waals surface area contributed by atoms with Crippen LogP contribution < -0.4 is 15.0 Å². The zero-order valence-electron chi connectivity index (χ0n) is 13.3. The van der Waals surface area contributed by atoms with Crippen LogP contribution in [0.15, 0.2) is 60.8 Å². The Hall–Kier alpha value is -3.41. The fourth-order valence-corrected chi connectivity index (χ4v) is 2.81. The summed E-state index contributed by atoms with van der Waals surface area (Å²) >= 11 is 0. The van der Waals surface area contributed by atoms with E-state index in [-0.39, 0.29) is 25.0 Å². The predicted molar refractivity (Wildman–Crippen MR) is 94.7 cm³/mol. The summed E-state index contributed by atoms with van der Waals surface area (Å²) in [6.07, 6.45) is 1.61. The molecule has 6 nitrogen and oxygen atoms in total. The molecule has 2 aromatic carbocycles. The van der Waals surface area contributed by atoms with Gasteiger partial charge in [-0.05, 0) is 24.3 Å². The van der Waals surface area contributed by atoms with Crippen molar-refractivity contribution in [1.82, 2.24) is 4.98 Å². The second kappa shape index (κ2) is 6.24. The van der Waals surface area contributed by atoms with Crippen molar-refractivity contribution >= 4 is 34.1 Å². The molecule has 124 valence electrons. The Balaban J connectivity index is 1.52. The van der Waals surface area contributed by atoms with Crippen LogP contribution in [0.4, 0.5) is 11.4 Å². The van der Waals surface area contributed by atoms with Gasteiger partial charge in [-0.3, -0.25) is 19.5 Å². The van der Waals surface area contributed by atoms with Crippen molar-refractivity contribution in [1.29, 1.82) is 0 Å². The zero-order chi connectivity index (χ0) is 17.2. The highest BCUT2D eigenvalue weighted by Gasteiger charge is 2.26. The number of nitrogens with zero attached hydrogens (tertiary/aromatic N) is 2. The minimum atomic E-state index is -0.290. The molecule has 0 bridgehead atoms. The molecule has 0 fully saturated rings. The number of benzene rings is 2. The van der Waals surface area contributed by atoms with Gasteiger partial charge in [0.15, 0.2) is 6.61 Å². The van der Waals surface area contributed by atoms with Crippen molar-refractivity contribution in [3.8, 4) is 5.75 Å². The first-order valence-electron chi connectivity index (χ1n) is 7.87. The summed E-state index contributed by atoms with van der Waals surface area (Å²) in [5.74, 6) is 0.0647. The molecule has 3 aromatic rings. The van der Waals surface area contributed by atoms with E-state index in [1.54, 1.807) is 24.4 Å². The van der Waals surface area contributed by atoms with E-state index in [4.69, 9.17) is 4.74 Å². The molecule has 2 amide bonds. The number of carbonyl (C=O) groups is 2. The van der Waals surface area contributed by atoms with Crippen LogP contribution in [-0.4, -0.2) is 29.9 Å². The maximum Gasteiger partial charge on any atom is 0.265 e. The minimum Gasteiger partial charge on any atom is -0.482 e. The third-order valence-electron chi connectivity index (χ3n) is 3.98. The molecular formula is C19H15N3O3. The van der Waals surface area contributed by atoms with Gasteiger partial charge < -0.3 is 10.1 Å². The molecule has 0 saturated carbocycles. The first-order valence-corrected chi connectivity index (χ1v) is 7.87. The van der Waals surface area contributed by atoms with Crippen molar-refractivity contribution < 1.29 is 14.3 Å². The quantitative estimate of drug-likeness (QED) is 0.800. The Morgan fingerprint density at radius 2 is 1.96 bits per heavy atom. The van der Waals surface area contributed by atoms with E-state index in [1.807, 2.05) is 36.4 Å². The molecule has 0 spiro atoms. The number of para-hydroxylation sites is 3. The van der Waals surface area contributed by atoms with Gasteiger partial charge >= 0.3 is 0 Å². The average molecular weight is 333 g/mol. The number of hydrogen-bond donors (Lipinski definition) is 1. The highest BCUT2D eigenvalue weighted by atomic mass is 16.5. The minimum absolute atomic E-state index is 0.0676. The first-order chi connectivity index (χ1) is 12.2.